The predicted octanol–water partition coefficient (Wildman–Crippen LogP) is 0.872. The van der Waals surface area contributed by atoms with Crippen molar-refractivity contribution in [2.24, 2.45) is 5.92 Å². The summed E-state index contributed by atoms with van der Waals surface area (Å²) in [7, 11) is 0. The summed E-state index contributed by atoms with van der Waals surface area (Å²) >= 11 is 0. The number of aliphatic hydroxyl groups excluding tert-OH is 1. The molecule has 1 heterocycles. The van der Waals surface area contributed by atoms with E-state index in [0.29, 0.717) is 19.5 Å². The molecule has 3 unspecified atom stereocenters. The molecule has 0 aromatic carbocycles. The van der Waals surface area contributed by atoms with E-state index in [1.807, 2.05) is 6.92 Å². The zero-order valence-electron chi connectivity index (χ0n) is 10.7. The van der Waals surface area contributed by atoms with Crippen molar-refractivity contribution in [3.63, 3.8) is 0 Å². The maximum atomic E-state index is 11.4. The molecule has 2 amide bonds. The number of aliphatic hydroxyl groups is 1. The normalized spacial score (nSPS) is 23.1. The summed E-state index contributed by atoms with van der Waals surface area (Å²) in [5, 5.41) is 14.8. The fraction of sp³-hybridized carbons (Fsp3) is 0.917. The Morgan fingerprint density at radius 3 is 2.82 bits per heavy atom. The molecule has 0 radical (unpaired) electrons. The van der Waals surface area contributed by atoms with Crippen LogP contribution in [0.5, 0.6) is 0 Å². The monoisotopic (exact) mass is 244 g/mol. The molecule has 5 heteroatoms. The lowest BCUT2D eigenvalue weighted by molar-refractivity contribution is 0.111. The van der Waals surface area contributed by atoms with E-state index in [9.17, 15) is 9.90 Å². The number of rotatable bonds is 6. The number of carbonyl (C=O) groups is 1. The van der Waals surface area contributed by atoms with Crippen LogP contribution >= 0.6 is 0 Å². The van der Waals surface area contributed by atoms with Crippen LogP contribution in [0.2, 0.25) is 0 Å². The van der Waals surface area contributed by atoms with Crippen LogP contribution in [0.3, 0.4) is 0 Å². The summed E-state index contributed by atoms with van der Waals surface area (Å²) in [5.74, 6) is 0.281. The van der Waals surface area contributed by atoms with Crippen molar-refractivity contribution in [1.29, 1.82) is 0 Å². The first-order valence-electron chi connectivity index (χ1n) is 6.39. The van der Waals surface area contributed by atoms with Crippen LogP contribution in [0.15, 0.2) is 0 Å². The first kappa shape index (κ1) is 14.3. The first-order chi connectivity index (χ1) is 8.08. The standard InChI is InChI=1S/C12H24N2O3/c1-9(6-10(2)15)7-13-12(16)14-8-11-4-3-5-17-11/h9-11,15H,3-8H2,1-2H3,(H2,13,14,16). The number of hydrogen-bond acceptors (Lipinski definition) is 3. The molecule has 3 atom stereocenters. The summed E-state index contributed by atoms with van der Waals surface area (Å²) in [6.45, 7) is 5.74. The maximum Gasteiger partial charge on any atom is 0.314 e. The van der Waals surface area contributed by atoms with Gasteiger partial charge in [-0.05, 0) is 32.1 Å². The predicted molar refractivity (Wildman–Crippen MR) is 65.8 cm³/mol. The number of ether oxygens (including phenoxy) is 1. The van der Waals surface area contributed by atoms with Gasteiger partial charge in [0.05, 0.1) is 12.2 Å². The van der Waals surface area contributed by atoms with Crippen LogP contribution in [-0.4, -0.2) is 43.0 Å². The molecule has 17 heavy (non-hydrogen) atoms. The SMILES string of the molecule is CC(O)CC(C)CNC(=O)NCC1CCCO1. The highest BCUT2D eigenvalue weighted by molar-refractivity contribution is 5.73. The Labute approximate surface area is 103 Å². The minimum Gasteiger partial charge on any atom is -0.393 e. The van der Waals surface area contributed by atoms with Gasteiger partial charge >= 0.3 is 6.03 Å². The highest BCUT2D eigenvalue weighted by Crippen LogP contribution is 2.10. The number of hydrogen-bond donors (Lipinski definition) is 3. The van der Waals surface area contributed by atoms with E-state index in [1.165, 1.54) is 0 Å². The van der Waals surface area contributed by atoms with E-state index in [1.54, 1.807) is 6.92 Å². The van der Waals surface area contributed by atoms with Crippen molar-refractivity contribution in [2.45, 2.75) is 45.3 Å². The highest BCUT2D eigenvalue weighted by atomic mass is 16.5. The van der Waals surface area contributed by atoms with Crippen LogP contribution in [0.1, 0.15) is 33.1 Å². The molecule has 1 rings (SSSR count). The van der Waals surface area contributed by atoms with Crippen LogP contribution in [0.25, 0.3) is 0 Å². The third-order valence-electron chi connectivity index (χ3n) is 2.87. The van der Waals surface area contributed by atoms with E-state index < -0.39 is 0 Å². The first-order valence-corrected chi connectivity index (χ1v) is 6.39. The molecule has 0 saturated carbocycles. The second-order valence-corrected chi connectivity index (χ2v) is 4.92. The van der Waals surface area contributed by atoms with E-state index >= 15 is 0 Å². The van der Waals surface area contributed by atoms with Crippen molar-refractivity contribution in [3.05, 3.63) is 0 Å². The van der Waals surface area contributed by atoms with Crippen LogP contribution in [0, 0.1) is 5.92 Å². The summed E-state index contributed by atoms with van der Waals surface area (Å²) < 4.78 is 5.41. The fourth-order valence-electron chi connectivity index (χ4n) is 2.01. The Kier molecular flexibility index (Phi) is 6.29. The molecule has 5 nitrogen and oxygen atoms in total. The minimum atomic E-state index is -0.318. The van der Waals surface area contributed by atoms with Gasteiger partial charge in [-0.25, -0.2) is 4.79 Å². The van der Waals surface area contributed by atoms with Gasteiger partial charge in [-0.3, -0.25) is 0 Å². The summed E-state index contributed by atoms with van der Waals surface area (Å²) in [6.07, 6.45) is 2.67. The topological polar surface area (TPSA) is 70.6 Å². The molecule has 0 aliphatic carbocycles. The molecule has 3 N–H and O–H groups in total. The Morgan fingerprint density at radius 1 is 1.47 bits per heavy atom. The van der Waals surface area contributed by atoms with Gasteiger partial charge in [-0.1, -0.05) is 6.92 Å². The van der Waals surface area contributed by atoms with Gasteiger partial charge in [0.25, 0.3) is 0 Å². The van der Waals surface area contributed by atoms with Gasteiger partial charge in [0.1, 0.15) is 0 Å². The molecule has 0 spiro atoms. The Morgan fingerprint density at radius 2 is 2.24 bits per heavy atom. The van der Waals surface area contributed by atoms with E-state index in [2.05, 4.69) is 10.6 Å². The average Bonchev–Trinajstić information content (AvgIpc) is 2.75. The molecule has 0 aromatic heterocycles. The van der Waals surface area contributed by atoms with Gasteiger partial charge in [0, 0.05) is 19.7 Å². The lowest BCUT2D eigenvalue weighted by Crippen LogP contribution is -2.41. The van der Waals surface area contributed by atoms with E-state index in [0.717, 1.165) is 19.4 Å². The number of carbonyl (C=O) groups excluding carboxylic acids is 1. The summed E-state index contributed by atoms with van der Waals surface area (Å²) in [4.78, 5) is 11.4. The highest BCUT2D eigenvalue weighted by Gasteiger charge is 2.16. The van der Waals surface area contributed by atoms with Crippen molar-refractivity contribution in [1.82, 2.24) is 10.6 Å². The fourth-order valence-corrected chi connectivity index (χ4v) is 2.01. The van der Waals surface area contributed by atoms with Gasteiger partial charge in [-0.15, -0.1) is 0 Å². The molecule has 0 aromatic rings. The molecule has 1 fully saturated rings. The number of urea groups is 1. The molecule has 1 aliphatic heterocycles. The minimum absolute atomic E-state index is 0.155. The molecule has 1 aliphatic rings. The zero-order chi connectivity index (χ0) is 12.7. The Bertz CT molecular complexity index is 228. The third-order valence-corrected chi connectivity index (χ3v) is 2.87. The van der Waals surface area contributed by atoms with Crippen LogP contribution in [0.4, 0.5) is 4.79 Å². The van der Waals surface area contributed by atoms with Gasteiger partial charge in [0.2, 0.25) is 0 Å². The van der Waals surface area contributed by atoms with Crippen molar-refractivity contribution in [2.75, 3.05) is 19.7 Å². The third kappa shape index (κ3) is 6.48. The Hall–Kier alpha value is -0.810. The average molecular weight is 244 g/mol. The molecule has 0 bridgehead atoms. The smallest absolute Gasteiger partial charge is 0.314 e. The van der Waals surface area contributed by atoms with Gasteiger partial charge in [-0.2, -0.15) is 0 Å². The van der Waals surface area contributed by atoms with Crippen molar-refractivity contribution in [3.8, 4) is 0 Å². The second-order valence-electron chi connectivity index (χ2n) is 4.92. The number of nitrogens with one attached hydrogen (secondary N) is 2. The molecule has 1 saturated heterocycles. The molecular weight excluding hydrogens is 220 g/mol. The number of amides is 2. The zero-order valence-corrected chi connectivity index (χ0v) is 10.7. The van der Waals surface area contributed by atoms with Gasteiger partial charge in [0.15, 0.2) is 0 Å². The largest absolute Gasteiger partial charge is 0.393 e. The maximum absolute atomic E-state index is 11.4. The second kappa shape index (κ2) is 7.50. The van der Waals surface area contributed by atoms with Crippen LogP contribution < -0.4 is 10.6 Å². The Balaban J connectivity index is 2.04. The van der Waals surface area contributed by atoms with E-state index in [-0.39, 0.29) is 24.2 Å². The molecular formula is C12H24N2O3. The lowest BCUT2D eigenvalue weighted by Gasteiger charge is -2.15. The lowest BCUT2D eigenvalue weighted by atomic mass is 10.1. The van der Waals surface area contributed by atoms with Crippen LogP contribution in [-0.2, 0) is 4.74 Å². The summed E-state index contributed by atoms with van der Waals surface area (Å²) in [6, 6.07) is -0.155. The van der Waals surface area contributed by atoms with Crippen molar-refractivity contribution >= 4 is 6.03 Å². The quantitative estimate of drug-likeness (QED) is 0.649. The van der Waals surface area contributed by atoms with E-state index in [4.69, 9.17) is 4.74 Å². The van der Waals surface area contributed by atoms with Gasteiger partial charge < -0.3 is 20.5 Å². The molecule has 100 valence electrons. The van der Waals surface area contributed by atoms with Crippen molar-refractivity contribution < 1.29 is 14.6 Å². The summed E-state index contributed by atoms with van der Waals surface area (Å²) in [5.41, 5.74) is 0.